The number of amides is 1. The molecule has 3 aromatic rings. The number of aromatic nitrogens is 2. The first kappa shape index (κ1) is 15.5. The number of hydrogen-bond donors (Lipinski definition) is 3. The molecule has 0 fully saturated rings. The number of phenolic OH excluding ortho intramolecular Hbond substituents is 1. The van der Waals surface area contributed by atoms with E-state index in [0.717, 1.165) is 34.2 Å². The second-order valence-electron chi connectivity index (χ2n) is 6.60. The number of carbonyl (C=O) groups is 1. The molecule has 4 rings (SSSR count). The highest BCUT2D eigenvalue weighted by atomic mass is 16.3. The molecule has 1 aliphatic rings. The second-order valence-corrected chi connectivity index (χ2v) is 6.60. The number of rotatable bonds is 1. The Labute approximate surface area is 145 Å². The molecule has 0 spiro atoms. The molecule has 1 aromatic carbocycles. The lowest BCUT2D eigenvalue weighted by Gasteiger charge is -2.16. The number of nitrogen functional groups attached to an aromatic ring is 1. The minimum absolute atomic E-state index is 0.178. The second kappa shape index (κ2) is 5.24. The highest BCUT2D eigenvalue weighted by Gasteiger charge is 2.28. The molecule has 2 aromatic heterocycles. The van der Waals surface area contributed by atoms with Gasteiger partial charge in [-0.1, -0.05) is 6.07 Å². The molecule has 1 aliphatic heterocycles. The summed E-state index contributed by atoms with van der Waals surface area (Å²) in [5.74, 6) is 0.362. The van der Waals surface area contributed by atoms with Crippen molar-refractivity contribution in [3.05, 3.63) is 46.1 Å². The fourth-order valence-electron chi connectivity index (χ4n) is 3.76. The third kappa shape index (κ3) is 2.03. The summed E-state index contributed by atoms with van der Waals surface area (Å²) in [5.41, 5.74) is 12.1. The van der Waals surface area contributed by atoms with Crippen molar-refractivity contribution in [2.75, 3.05) is 12.3 Å². The number of phenols is 1. The fraction of sp³-hybridized carbons (Fsp3) is 0.263. The largest absolute Gasteiger partial charge is 0.508 e. The number of nitrogens with two attached hydrogens (primary N) is 1. The van der Waals surface area contributed by atoms with E-state index in [0.29, 0.717) is 29.1 Å². The lowest BCUT2D eigenvalue weighted by atomic mass is 10.0. The van der Waals surface area contributed by atoms with Crippen LogP contribution >= 0.6 is 0 Å². The van der Waals surface area contributed by atoms with Crippen LogP contribution in [0.4, 0.5) is 5.82 Å². The number of carbonyl (C=O) groups excluding carboxylic acids is 1. The quantitative estimate of drug-likeness (QED) is 0.636. The van der Waals surface area contributed by atoms with Crippen LogP contribution in [0.5, 0.6) is 5.75 Å². The van der Waals surface area contributed by atoms with Gasteiger partial charge >= 0.3 is 0 Å². The molecule has 4 N–H and O–H groups in total. The Morgan fingerprint density at radius 1 is 1.24 bits per heavy atom. The Bertz CT molecular complexity index is 1050. The smallest absolute Gasteiger partial charge is 0.255 e. The zero-order valence-electron chi connectivity index (χ0n) is 14.5. The van der Waals surface area contributed by atoms with Gasteiger partial charge < -0.3 is 16.2 Å². The van der Waals surface area contributed by atoms with Gasteiger partial charge in [0.15, 0.2) is 0 Å². The van der Waals surface area contributed by atoms with Gasteiger partial charge in [-0.3, -0.25) is 9.36 Å². The van der Waals surface area contributed by atoms with Crippen molar-refractivity contribution >= 4 is 22.8 Å². The number of nitrogens with one attached hydrogen (secondary N) is 1. The zero-order chi connectivity index (χ0) is 17.9. The van der Waals surface area contributed by atoms with Gasteiger partial charge in [0.25, 0.3) is 5.91 Å². The Morgan fingerprint density at radius 3 is 2.76 bits per heavy atom. The summed E-state index contributed by atoms with van der Waals surface area (Å²) in [7, 11) is 0. The number of aryl methyl sites for hydroxylation is 2. The standard InChI is InChI=1S/C19H20N4O2/c1-9-4-5-13(24)11(3)16(9)23-17(20)15-14-12(6-7-21-19(15)25)10(2)8-22-18(14)23/h4-5,8,24H,6-7,20H2,1-3H3,(H,21,25). The first-order chi connectivity index (χ1) is 11.9. The summed E-state index contributed by atoms with van der Waals surface area (Å²) in [5, 5.41) is 13.9. The van der Waals surface area contributed by atoms with Gasteiger partial charge in [-0.15, -0.1) is 0 Å². The average Bonchev–Trinajstić information content (AvgIpc) is 2.73. The van der Waals surface area contributed by atoms with Crippen LogP contribution in [0.25, 0.3) is 16.7 Å². The highest BCUT2D eigenvalue weighted by molar-refractivity contribution is 6.13. The first-order valence-electron chi connectivity index (χ1n) is 8.28. The van der Waals surface area contributed by atoms with E-state index in [-0.39, 0.29) is 11.7 Å². The van der Waals surface area contributed by atoms with Crippen LogP contribution in [0, 0.1) is 20.8 Å². The molecule has 0 aliphatic carbocycles. The third-order valence-electron chi connectivity index (χ3n) is 5.06. The van der Waals surface area contributed by atoms with E-state index in [2.05, 4.69) is 10.3 Å². The van der Waals surface area contributed by atoms with Crippen LogP contribution in [0.2, 0.25) is 0 Å². The van der Waals surface area contributed by atoms with Crippen LogP contribution in [0.1, 0.15) is 32.6 Å². The number of benzene rings is 1. The molecule has 128 valence electrons. The monoisotopic (exact) mass is 336 g/mol. The van der Waals surface area contributed by atoms with Gasteiger partial charge in [0.2, 0.25) is 0 Å². The van der Waals surface area contributed by atoms with E-state index in [4.69, 9.17) is 5.73 Å². The van der Waals surface area contributed by atoms with Gasteiger partial charge in [-0.05, 0) is 49.9 Å². The predicted octanol–water partition coefficient (Wildman–Crippen LogP) is 2.52. The number of aromatic hydroxyl groups is 1. The van der Waals surface area contributed by atoms with Crippen LogP contribution in [0.3, 0.4) is 0 Å². The maximum atomic E-state index is 12.6. The van der Waals surface area contributed by atoms with Gasteiger partial charge in [0, 0.05) is 23.7 Å². The van der Waals surface area contributed by atoms with E-state index >= 15 is 0 Å². The number of hydrogen-bond acceptors (Lipinski definition) is 4. The molecule has 0 unspecified atom stereocenters. The van der Waals surface area contributed by atoms with Gasteiger partial charge in [-0.2, -0.15) is 0 Å². The molecular weight excluding hydrogens is 316 g/mol. The molecule has 0 atom stereocenters. The van der Waals surface area contributed by atoms with E-state index in [9.17, 15) is 9.90 Å². The lowest BCUT2D eigenvalue weighted by molar-refractivity contribution is 0.0958. The van der Waals surface area contributed by atoms with Crippen molar-refractivity contribution in [2.24, 2.45) is 0 Å². The number of anilines is 1. The highest BCUT2D eigenvalue weighted by Crippen LogP contribution is 2.38. The van der Waals surface area contributed by atoms with Crippen molar-refractivity contribution in [1.29, 1.82) is 0 Å². The van der Waals surface area contributed by atoms with Gasteiger partial charge in [-0.25, -0.2) is 4.98 Å². The molecule has 0 bridgehead atoms. The Hall–Kier alpha value is -3.02. The first-order valence-corrected chi connectivity index (χ1v) is 8.28. The minimum atomic E-state index is -0.178. The van der Waals surface area contributed by atoms with E-state index in [1.807, 2.05) is 33.0 Å². The van der Waals surface area contributed by atoms with E-state index in [1.54, 1.807) is 10.6 Å². The van der Waals surface area contributed by atoms with E-state index in [1.165, 1.54) is 0 Å². The predicted molar refractivity (Wildman–Crippen MR) is 97.4 cm³/mol. The molecule has 0 saturated heterocycles. The molecule has 1 amide bonds. The third-order valence-corrected chi connectivity index (χ3v) is 5.06. The molecule has 3 heterocycles. The zero-order valence-corrected chi connectivity index (χ0v) is 14.5. The van der Waals surface area contributed by atoms with Crippen molar-refractivity contribution < 1.29 is 9.90 Å². The lowest BCUT2D eigenvalue weighted by Crippen LogP contribution is -2.24. The van der Waals surface area contributed by atoms with Crippen molar-refractivity contribution in [2.45, 2.75) is 27.2 Å². The summed E-state index contributed by atoms with van der Waals surface area (Å²) in [6.45, 7) is 6.37. The average molecular weight is 336 g/mol. The molecule has 25 heavy (non-hydrogen) atoms. The maximum Gasteiger partial charge on any atom is 0.255 e. The Kier molecular flexibility index (Phi) is 3.25. The molecule has 6 nitrogen and oxygen atoms in total. The van der Waals surface area contributed by atoms with E-state index < -0.39 is 0 Å². The fourth-order valence-corrected chi connectivity index (χ4v) is 3.76. The molecular formula is C19H20N4O2. The van der Waals surface area contributed by atoms with Crippen LogP contribution in [0.15, 0.2) is 18.3 Å². The summed E-state index contributed by atoms with van der Waals surface area (Å²) in [4.78, 5) is 17.2. The molecule has 6 heteroatoms. The Morgan fingerprint density at radius 2 is 2.00 bits per heavy atom. The molecule has 0 radical (unpaired) electrons. The normalized spacial score (nSPS) is 13.8. The van der Waals surface area contributed by atoms with Crippen LogP contribution in [-0.2, 0) is 6.42 Å². The van der Waals surface area contributed by atoms with Crippen LogP contribution < -0.4 is 11.1 Å². The topological polar surface area (TPSA) is 93.2 Å². The summed E-state index contributed by atoms with van der Waals surface area (Å²) >= 11 is 0. The van der Waals surface area contributed by atoms with Gasteiger partial charge in [0.05, 0.1) is 11.3 Å². The van der Waals surface area contributed by atoms with Crippen molar-refractivity contribution in [3.63, 3.8) is 0 Å². The summed E-state index contributed by atoms with van der Waals surface area (Å²) in [6.07, 6.45) is 2.56. The summed E-state index contributed by atoms with van der Waals surface area (Å²) < 4.78 is 1.79. The molecule has 0 saturated carbocycles. The van der Waals surface area contributed by atoms with Crippen molar-refractivity contribution in [3.8, 4) is 11.4 Å². The SMILES string of the molecule is Cc1ccc(O)c(C)c1-n1c(N)c2c3c(c(C)cnc31)CCNC2=O. The number of nitrogens with zero attached hydrogens (tertiary/aromatic N) is 2. The Balaban J connectivity index is 2.21. The van der Waals surface area contributed by atoms with Gasteiger partial charge in [0.1, 0.15) is 17.2 Å². The number of pyridine rings is 1. The maximum absolute atomic E-state index is 12.6. The summed E-state index contributed by atoms with van der Waals surface area (Å²) in [6, 6.07) is 3.50. The minimum Gasteiger partial charge on any atom is -0.508 e. The van der Waals surface area contributed by atoms with Crippen molar-refractivity contribution in [1.82, 2.24) is 14.9 Å². The van der Waals surface area contributed by atoms with Crippen LogP contribution in [-0.4, -0.2) is 27.1 Å².